The van der Waals surface area contributed by atoms with Gasteiger partial charge in [0.15, 0.2) is 0 Å². The molecular formula is C16H17N. The summed E-state index contributed by atoms with van der Waals surface area (Å²) in [6.45, 7) is 4.19. The molecule has 0 aliphatic carbocycles. The fraction of sp³-hybridized carbons (Fsp3) is 0.188. The summed E-state index contributed by atoms with van der Waals surface area (Å²) in [6.07, 6.45) is 0. The largest absolute Gasteiger partial charge is 0.282 e. The molecule has 0 unspecified atom stereocenters. The smallest absolute Gasteiger partial charge is 0.0724 e. The first-order chi connectivity index (χ1) is 8.27. The molecule has 0 radical (unpaired) electrons. The van der Waals surface area contributed by atoms with Crippen LogP contribution in [0.2, 0.25) is 0 Å². The number of hydrogen-bond donors (Lipinski definition) is 0. The standard InChI is InChI=1S/C16H17N/c1-13(15-9-5-3-6-10-15)17-14(2)16-11-7-4-8-12-16/h3-13H,1-2H3/b17-14-/t13-/m0/s1. The van der Waals surface area contributed by atoms with Crippen LogP contribution in [0.1, 0.15) is 31.0 Å². The Hall–Kier alpha value is -1.89. The molecule has 2 rings (SSSR count). The molecule has 0 aliphatic heterocycles. The van der Waals surface area contributed by atoms with Gasteiger partial charge in [0, 0.05) is 5.71 Å². The molecule has 17 heavy (non-hydrogen) atoms. The van der Waals surface area contributed by atoms with Crippen LogP contribution in [-0.2, 0) is 0 Å². The fourth-order valence-electron chi connectivity index (χ4n) is 1.85. The van der Waals surface area contributed by atoms with Crippen LogP contribution < -0.4 is 0 Å². The van der Waals surface area contributed by atoms with E-state index in [0.29, 0.717) is 0 Å². The second-order valence-electron chi connectivity index (χ2n) is 4.17. The first-order valence-electron chi connectivity index (χ1n) is 5.92. The number of nitrogens with zero attached hydrogens (tertiary/aromatic N) is 1. The van der Waals surface area contributed by atoms with Gasteiger partial charge in [-0.1, -0.05) is 60.7 Å². The summed E-state index contributed by atoms with van der Waals surface area (Å²) in [6, 6.07) is 20.9. The van der Waals surface area contributed by atoms with E-state index in [2.05, 4.69) is 50.2 Å². The van der Waals surface area contributed by atoms with Gasteiger partial charge in [-0.25, -0.2) is 0 Å². The topological polar surface area (TPSA) is 12.4 Å². The van der Waals surface area contributed by atoms with E-state index in [0.717, 1.165) is 5.71 Å². The monoisotopic (exact) mass is 223 g/mol. The molecule has 0 N–H and O–H groups in total. The molecule has 1 atom stereocenters. The van der Waals surface area contributed by atoms with Gasteiger partial charge in [-0.05, 0) is 25.0 Å². The first-order valence-corrected chi connectivity index (χ1v) is 5.92. The maximum Gasteiger partial charge on any atom is 0.0724 e. The Morgan fingerprint density at radius 3 is 2.00 bits per heavy atom. The lowest BCUT2D eigenvalue weighted by Gasteiger charge is -2.09. The second-order valence-corrected chi connectivity index (χ2v) is 4.17. The SMILES string of the molecule is C/C(=N/[C@@H](C)c1ccccc1)c1ccccc1. The molecule has 0 spiro atoms. The summed E-state index contributed by atoms with van der Waals surface area (Å²) >= 11 is 0. The predicted molar refractivity (Wildman–Crippen MR) is 73.5 cm³/mol. The molecule has 0 aliphatic rings. The van der Waals surface area contributed by atoms with Crippen molar-refractivity contribution >= 4 is 5.71 Å². The Labute approximate surface area is 103 Å². The van der Waals surface area contributed by atoms with Gasteiger partial charge < -0.3 is 0 Å². The van der Waals surface area contributed by atoms with Gasteiger partial charge in [-0.15, -0.1) is 0 Å². The molecule has 0 heterocycles. The highest BCUT2D eigenvalue weighted by Crippen LogP contribution is 2.17. The Balaban J connectivity index is 2.20. The van der Waals surface area contributed by atoms with Crippen LogP contribution in [0, 0.1) is 0 Å². The highest BCUT2D eigenvalue weighted by atomic mass is 14.8. The van der Waals surface area contributed by atoms with Crippen molar-refractivity contribution in [2.45, 2.75) is 19.9 Å². The highest BCUT2D eigenvalue weighted by Gasteiger charge is 2.03. The van der Waals surface area contributed by atoms with Gasteiger partial charge in [0.25, 0.3) is 0 Å². The van der Waals surface area contributed by atoms with Crippen LogP contribution in [0.3, 0.4) is 0 Å². The summed E-state index contributed by atoms with van der Waals surface area (Å²) in [5.41, 5.74) is 3.53. The normalized spacial score (nSPS) is 13.4. The Morgan fingerprint density at radius 1 is 0.882 bits per heavy atom. The van der Waals surface area contributed by atoms with Gasteiger partial charge in [0.2, 0.25) is 0 Å². The summed E-state index contributed by atoms with van der Waals surface area (Å²) in [5, 5.41) is 0. The molecule has 86 valence electrons. The lowest BCUT2D eigenvalue weighted by molar-refractivity contribution is 0.819. The van der Waals surface area contributed by atoms with Gasteiger partial charge in [-0.2, -0.15) is 0 Å². The molecular weight excluding hydrogens is 206 g/mol. The highest BCUT2D eigenvalue weighted by molar-refractivity contribution is 5.98. The minimum Gasteiger partial charge on any atom is -0.282 e. The number of rotatable bonds is 3. The van der Waals surface area contributed by atoms with Gasteiger partial charge in [-0.3, -0.25) is 4.99 Å². The maximum atomic E-state index is 4.73. The average Bonchev–Trinajstić information content (AvgIpc) is 2.40. The molecule has 2 aromatic rings. The molecule has 0 saturated heterocycles. The van der Waals surface area contributed by atoms with Crippen molar-refractivity contribution in [2.24, 2.45) is 4.99 Å². The van der Waals surface area contributed by atoms with Crippen LogP contribution in [0.25, 0.3) is 0 Å². The third-order valence-electron chi connectivity index (χ3n) is 2.86. The maximum absolute atomic E-state index is 4.73. The lowest BCUT2D eigenvalue weighted by atomic mass is 10.1. The zero-order valence-corrected chi connectivity index (χ0v) is 10.3. The van der Waals surface area contributed by atoms with E-state index >= 15 is 0 Å². The van der Waals surface area contributed by atoms with E-state index in [9.17, 15) is 0 Å². The molecule has 0 aromatic heterocycles. The zero-order chi connectivity index (χ0) is 12.1. The number of hydrogen-bond acceptors (Lipinski definition) is 1. The van der Waals surface area contributed by atoms with E-state index in [-0.39, 0.29) is 6.04 Å². The third-order valence-corrected chi connectivity index (χ3v) is 2.86. The van der Waals surface area contributed by atoms with Gasteiger partial charge in [0.05, 0.1) is 6.04 Å². The van der Waals surface area contributed by atoms with Crippen molar-refractivity contribution in [2.75, 3.05) is 0 Å². The van der Waals surface area contributed by atoms with E-state index in [1.165, 1.54) is 11.1 Å². The molecule has 1 heteroatoms. The number of aliphatic imine (C=N–C) groups is 1. The van der Waals surface area contributed by atoms with E-state index in [4.69, 9.17) is 4.99 Å². The van der Waals surface area contributed by atoms with Crippen LogP contribution in [0.4, 0.5) is 0 Å². The second kappa shape index (κ2) is 5.44. The summed E-state index contributed by atoms with van der Waals surface area (Å²) in [7, 11) is 0. The van der Waals surface area contributed by atoms with Crippen LogP contribution >= 0.6 is 0 Å². The van der Waals surface area contributed by atoms with Crippen LogP contribution in [0.15, 0.2) is 65.7 Å². The fourth-order valence-corrected chi connectivity index (χ4v) is 1.85. The van der Waals surface area contributed by atoms with Crippen molar-refractivity contribution < 1.29 is 0 Å². The minimum atomic E-state index is 0.205. The van der Waals surface area contributed by atoms with E-state index in [1.807, 2.05) is 24.3 Å². The average molecular weight is 223 g/mol. The quantitative estimate of drug-likeness (QED) is 0.689. The summed E-state index contributed by atoms with van der Waals surface area (Å²) in [5.74, 6) is 0. The number of benzene rings is 2. The summed E-state index contributed by atoms with van der Waals surface area (Å²) in [4.78, 5) is 4.73. The molecule has 0 saturated carbocycles. The third kappa shape index (κ3) is 3.04. The minimum absolute atomic E-state index is 0.205. The van der Waals surface area contributed by atoms with Crippen LogP contribution in [0.5, 0.6) is 0 Å². The van der Waals surface area contributed by atoms with Crippen molar-refractivity contribution in [3.05, 3.63) is 71.8 Å². The molecule has 0 bridgehead atoms. The van der Waals surface area contributed by atoms with Crippen molar-refractivity contribution in [3.8, 4) is 0 Å². The van der Waals surface area contributed by atoms with Gasteiger partial charge >= 0.3 is 0 Å². The zero-order valence-electron chi connectivity index (χ0n) is 10.3. The Bertz CT molecular complexity index is 485. The molecule has 1 nitrogen and oxygen atoms in total. The van der Waals surface area contributed by atoms with Crippen molar-refractivity contribution in [1.82, 2.24) is 0 Å². The Morgan fingerprint density at radius 2 is 1.41 bits per heavy atom. The lowest BCUT2D eigenvalue weighted by Crippen LogP contribution is -1.98. The molecule has 0 fully saturated rings. The molecule has 0 amide bonds. The Kier molecular flexibility index (Phi) is 3.71. The summed E-state index contributed by atoms with van der Waals surface area (Å²) < 4.78 is 0. The van der Waals surface area contributed by atoms with E-state index in [1.54, 1.807) is 0 Å². The van der Waals surface area contributed by atoms with E-state index < -0.39 is 0 Å². The first kappa shape index (κ1) is 11.6. The van der Waals surface area contributed by atoms with Crippen molar-refractivity contribution in [3.63, 3.8) is 0 Å². The van der Waals surface area contributed by atoms with Gasteiger partial charge in [0.1, 0.15) is 0 Å². The predicted octanol–water partition coefficient (Wildman–Crippen LogP) is 4.26. The molecule has 2 aromatic carbocycles. The van der Waals surface area contributed by atoms with Crippen molar-refractivity contribution in [1.29, 1.82) is 0 Å². The van der Waals surface area contributed by atoms with Crippen LogP contribution in [-0.4, -0.2) is 5.71 Å².